The molecule has 0 unspecified atom stereocenters. The van der Waals surface area contributed by atoms with Gasteiger partial charge >= 0.3 is 0 Å². The molecule has 4 nitrogen and oxygen atoms in total. The number of benzene rings is 1. The fraction of sp³-hybridized carbons (Fsp3) is 0.133. The zero-order valence-electron chi connectivity index (χ0n) is 10.8. The SMILES string of the molecule is [C-]#[N+]c1ccc(COc2ccc(F)c(Br)n2)c(CC=O)c1. The van der Waals surface area contributed by atoms with Crippen molar-refractivity contribution >= 4 is 27.9 Å². The van der Waals surface area contributed by atoms with Crippen LogP contribution in [0.5, 0.6) is 5.88 Å². The van der Waals surface area contributed by atoms with Gasteiger partial charge in [0, 0.05) is 12.5 Å². The van der Waals surface area contributed by atoms with Crippen molar-refractivity contribution in [2.45, 2.75) is 13.0 Å². The van der Waals surface area contributed by atoms with E-state index in [0.29, 0.717) is 5.69 Å². The number of pyridine rings is 1. The van der Waals surface area contributed by atoms with Crippen molar-refractivity contribution in [3.8, 4) is 5.88 Å². The van der Waals surface area contributed by atoms with Crippen molar-refractivity contribution in [2.24, 2.45) is 0 Å². The highest BCUT2D eigenvalue weighted by atomic mass is 79.9. The molecular formula is C15H10BrFN2O2. The molecule has 0 amide bonds. The molecule has 0 atom stereocenters. The molecule has 2 rings (SSSR count). The van der Waals surface area contributed by atoms with Gasteiger partial charge in [-0.25, -0.2) is 14.2 Å². The van der Waals surface area contributed by atoms with Gasteiger partial charge in [-0.1, -0.05) is 18.2 Å². The molecule has 0 bridgehead atoms. The molecule has 0 radical (unpaired) electrons. The van der Waals surface area contributed by atoms with Crippen molar-refractivity contribution in [1.29, 1.82) is 0 Å². The largest absolute Gasteiger partial charge is 0.473 e. The van der Waals surface area contributed by atoms with Crippen LogP contribution in [0.2, 0.25) is 0 Å². The van der Waals surface area contributed by atoms with E-state index in [4.69, 9.17) is 11.3 Å². The Hall–Kier alpha value is -2.26. The third-order valence-electron chi connectivity index (χ3n) is 2.78. The van der Waals surface area contributed by atoms with Gasteiger partial charge < -0.3 is 9.53 Å². The molecule has 0 aliphatic rings. The van der Waals surface area contributed by atoms with E-state index >= 15 is 0 Å². The third kappa shape index (κ3) is 3.86. The van der Waals surface area contributed by atoms with Crippen LogP contribution in [0.1, 0.15) is 11.1 Å². The number of aldehydes is 1. The highest BCUT2D eigenvalue weighted by molar-refractivity contribution is 9.10. The van der Waals surface area contributed by atoms with Gasteiger partial charge in [0.05, 0.1) is 6.57 Å². The average Bonchev–Trinajstić information content (AvgIpc) is 2.49. The molecule has 2 aromatic rings. The number of aromatic nitrogens is 1. The third-order valence-corrected chi connectivity index (χ3v) is 3.33. The van der Waals surface area contributed by atoms with Crippen LogP contribution in [0, 0.1) is 12.4 Å². The Morgan fingerprint density at radius 2 is 2.14 bits per heavy atom. The number of ether oxygens (including phenoxy) is 1. The lowest BCUT2D eigenvalue weighted by molar-refractivity contribution is -0.107. The van der Waals surface area contributed by atoms with E-state index < -0.39 is 5.82 Å². The first-order valence-corrected chi connectivity index (χ1v) is 6.81. The van der Waals surface area contributed by atoms with Crippen LogP contribution in [-0.4, -0.2) is 11.3 Å². The zero-order chi connectivity index (χ0) is 15.2. The first-order valence-electron chi connectivity index (χ1n) is 6.01. The number of nitrogens with zero attached hydrogens (tertiary/aromatic N) is 2. The minimum absolute atomic E-state index is 0.0801. The fourth-order valence-corrected chi connectivity index (χ4v) is 2.04. The summed E-state index contributed by atoms with van der Waals surface area (Å²) in [5.74, 6) is -0.194. The van der Waals surface area contributed by atoms with Crippen LogP contribution in [0.15, 0.2) is 34.9 Å². The van der Waals surface area contributed by atoms with E-state index in [-0.39, 0.29) is 23.5 Å². The van der Waals surface area contributed by atoms with E-state index in [0.717, 1.165) is 17.4 Å². The Bertz CT molecular complexity index is 713. The van der Waals surface area contributed by atoms with Crippen molar-refractivity contribution in [3.05, 3.63) is 63.3 Å². The first-order chi connectivity index (χ1) is 10.1. The van der Waals surface area contributed by atoms with Crippen molar-refractivity contribution in [3.63, 3.8) is 0 Å². The van der Waals surface area contributed by atoms with Crippen LogP contribution < -0.4 is 4.74 Å². The smallest absolute Gasteiger partial charge is 0.214 e. The van der Waals surface area contributed by atoms with Gasteiger partial charge in [-0.05, 0) is 33.1 Å². The van der Waals surface area contributed by atoms with E-state index in [1.165, 1.54) is 12.1 Å². The minimum atomic E-state index is -0.467. The van der Waals surface area contributed by atoms with Gasteiger partial charge in [0.15, 0.2) is 11.5 Å². The Balaban J connectivity index is 2.17. The molecule has 0 saturated carbocycles. The maximum absolute atomic E-state index is 13.1. The number of carbonyl (C=O) groups is 1. The molecular weight excluding hydrogens is 339 g/mol. The topological polar surface area (TPSA) is 43.5 Å². The summed E-state index contributed by atoms with van der Waals surface area (Å²) in [6, 6.07) is 7.74. The lowest BCUT2D eigenvalue weighted by Gasteiger charge is -2.10. The fourth-order valence-electron chi connectivity index (χ4n) is 1.74. The molecule has 6 heteroatoms. The van der Waals surface area contributed by atoms with Gasteiger partial charge in [0.25, 0.3) is 0 Å². The van der Waals surface area contributed by atoms with Crippen molar-refractivity contribution in [2.75, 3.05) is 0 Å². The van der Waals surface area contributed by atoms with Gasteiger partial charge in [0.2, 0.25) is 5.88 Å². The number of hydrogen-bond donors (Lipinski definition) is 0. The minimum Gasteiger partial charge on any atom is -0.473 e. The maximum Gasteiger partial charge on any atom is 0.214 e. The Morgan fingerprint density at radius 1 is 1.33 bits per heavy atom. The molecule has 0 spiro atoms. The van der Waals surface area contributed by atoms with Gasteiger partial charge in [-0.3, -0.25) is 0 Å². The van der Waals surface area contributed by atoms with E-state index in [9.17, 15) is 9.18 Å². The highest BCUT2D eigenvalue weighted by Crippen LogP contribution is 2.21. The summed E-state index contributed by atoms with van der Waals surface area (Å²) in [4.78, 5) is 17.9. The normalized spacial score (nSPS) is 9.95. The number of hydrogen-bond acceptors (Lipinski definition) is 3. The summed E-state index contributed by atoms with van der Waals surface area (Å²) < 4.78 is 18.6. The van der Waals surface area contributed by atoms with Crippen LogP contribution in [-0.2, 0) is 17.8 Å². The molecule has 21 heavy (non-hydrogen) atoms. The van der Waals surface area contributed by atoms with Crippen molar-refractivity contribution < 1.29 is 13.9 Å². The Morgan fingerprint density at radius 3 is 2.81 bits per heavy atom. The summed E-state index contributed by atoms with van der Waals surface area (Å²) in [5, 5.41) is 0. The average molecular weight is 349 g/mol. The van der Waals surface area contributed by atoms with Crippen molar-refractivity contribution in [1.82, 2.24) is 4.98 Å². The number of carbonyl (C=O) groups excluding carboxylic acids is 1. The molecule has 0 aliphatic heterocycles. The second-order valence-corrected chi connectivity index (χ2v) is 4.90. The molecule has 1 aromatic carbocycles. The Labute approximate surface area is 129 Å². The van der Waals surface area contributed by atoms with Gasteiger partial charge in [-0.15, -0.1) is 0 Å². The molecule has 106 valence electrons. The van der Waals surface area contributed by atoms with E-state index in [1.807, 2.05) is 0 Å². The molecule has 0 fully saturated rings. The lowest BCUT2D eigenvalue weighted by Crippen LogP contribution is -2.02. The molecule has 0 N–H and O–H groups in total. The standard InChI is InChI=1S/C15H10BrFN2O2/c1-18-12-3-2-11(10(8-12)6-7-20)9-21-14-5-4-13(17)15(16)19-14/h2-5,7-8H,6,9H2. The van der Waals surface area contributed by atoms with Crippen LogP contribution in [0.4, 0.5) is 10.1 Å². The summed E-state index contributed by atoms with van der Waals surface area (Å²) in [6.45, 7) is 7.16. The predicted octanol–water partition coefficient (Wildman–Crippen LogP) is 3.85. The summed E-state index contributed by atoms with van der Waals surface area (Å²) in [7, 11) is 0. The molecule has 1 aromatic heterocycles. The summed E-state index contributed by atoms with van der Waals surface area (Å²) >= 11 is 2.98. The quantitative estimate of drug-likeness (QED) is 0.468. The molecule has 0 aliphatic carbocycles. The predicted molar refractivity (Wildman–Crippen MR) is 78.7 cm³/mol. The summed E-state index contributed by atoms with van der Waals surface area (Å²) in [6.07, 6.45) is 0.988. The van der Waals surface area contributed by atoms with Gasteiger partial charge in [-0.2, -0.15) is 0 Å². The Kier molecular flexibility index (Phi) is 5.01. The molecule has 1 heterocycles. The summed E-state index contributed by atoms with van der Waals surface area (Å²) in [5.41, 5.74) is 2.00. The maximum atomic E-state index is 13.1. The van der Waals surface area contributed by atoms with Crippen LogP contribution in [0.3, 0.4) is 0 Å². The second kappa shape index (κ2) is 6.95. The number of rotatable bonds is 5. The highest BCUT2D eigenvalue weighted by Gasteiger charge is 2.07. The second-order valence-electron chi connectivity index (χ2n) is 4.15. The van der Waals surface area contributed by atoms with Gasteiger partial charge in [0.1, 0.15) is 17.5 Å². The zero-order valence-corrected chi connectivity index (χ0v) is 12.4. The van der Waals surface area contributed by atoms with Crippen LogP contribution in [0.25, 0.3) is 4.85 Å². The van der Waals surface area contributed by atoms with E-state index in [2.05, 4.69) is 25.8 Å². The van der Waals surface area contributed by atoms with E-state index in [1.54, 1.807) is 18.2 Å². The number of halogens is 2. The first kappa shape index (κ1) is 15.1. The molecule has 0 saturated heterocycles. The lowest BCUT2D eigenvalue weighted by atomic mass is 10.0. The van der Waals surface area contributed by atoms with Crippen LogP contribution >= 0.6 is 15.9 Å². The monoisotopic (exact) mass is 348 g/mol.